The molecule has 0 aliphatic carbocycles. The average Bonchev–Trinajstić information content (AvgIpc) is 2.73. The van der Waals surface area contributed by atoms with Crippen LogP contribution >= 0.6 is 47.8 Å². The molecule has 1 heterocycles. The summed E-state index contributed by atoms with van der Waals surface area (Å²) in [6, 6.07) is 8.46. The Morgan fingerprint density at radius 2 is 1.74 bits per heavy atom. The Labute approximate surface area is 138 Å². The third-order valence-electron chi connectivity index (χ3n) is 2.60. The molecule has 0 atom stereocenters. The maximum atomic E-state index is 5.88. The van der Waals surface area contributed by atoms with E-state index in [1.807, 2.05) is 24.3 Å². The molecule has 1 N–H and O–H groups in total. The second-order valence-corrected chi connectivity index (χ2v) is 7.17. The Bertz CT molecular complexity index is 555. The summed E-state index contributed by atoms with van der Waals surface area (Å²) in [6.07, 6.45) is 0. The largest absolute Gasteiger partial charge is 0.460 e. The molecule has 2 nitrogen and oxygen atoms in total. The van der Waals surface area contributed by atoms with E-state index in [4.69, 9.17) is 4.42 Å². The topological polar surface area (TPSA) is 25.2 Å². The van der Waals surface area contributed by atoms with Crippen molar-refractivity contribution in [2.45, 2.75) is 26.4 Å². The molecule has 0 bridgehead atoms. The van der Waals surface area contributed by atoms with Gasteiger partial charge in [-0.25, -0.2) is 0 Å². The molecule has 0 spiro atoms. The highest BCUT2D eigenvalue weighted by atomic mass is 79.9. The van der Waals surface area contributed by atoms with Crippen LogP contribution in [-0.2, 0) is 6.54 Å². The predicted octanol–water partition coefficient (Wildman–Crippen LogP) is 5.73. The van der Waals surface area contributed by atoms with E-state index in [2.05, 4.69) is 67.0 Å². The zero-order valence-corrected chi connectivity index (χ0v) is 15.4. The van der Waals surface area contributed by atoms with Gasteiger partial charge in [0.25, 0.3) is 0 Å². The zero-order chi connectivity index (χ0) is 14.0. The molecule has 2 aromatic rings. The minimum Gasteiger partial charge on any atom is -0.460 e. The molecule has 0 amide bonds. The van der Waals surface area contributed by atoms with Gasteiger partial charge in [-0.2, -0.15) is 0 Å². The van der Waals surface area contributed by atoms with Gasteiger partial charge < -0.3 is 9.73 Å². The van der Waals surface area contributed by atoms with Crippen molar-refractivity contribution in [3.05, 3.63) is 43.4 Å². The van der Waals surface area contributed by atoms with Crippen molar-refractivity contribution < 1.29 is 4.42 Å². The monoisotopic (exact) mass is 449 g/mol. The molecule has 2 rings (SSSR count). The third-order valence-corrected chi connectivity index (χ3v) is 4.31. The number of benzene rings is 1. The summed E-state index contributed by atoms with van der Waals surface area (Å²) < 4.78 is 8.88. The van der Waals surface area contributed by atoms with Gasteiger partial charge in [0.2, 0.25) is 0 Å². The number of furan rings is 1. The van der Waals surface area contributed by atoms with Crippen LogP contribution < -0.4 is 5.32 Å². The SMILES string of the molecule is CC(C)NCc1ccc(-c2c(Br)cc(Br)cc2Br)o1. The average molecular weight is 452 g/mol. The number of hydrogen-bond acceptors (Lipinski definition) is 2. The Morgan fingerprint density at radius 1 is 1.11 bits per heavy atom. The standard InChI is InChI=1S/C14H14Br3NO/c1-8(2)18-7-10-3-4-13(19-10)14-11(16)5-9(15)6-12(14)17/h3-6,8,18H,7H2,1-2H3. The lowest BCUT2D eigenvalue weighted by Crippen LogP contribution is -2.21. The van der Waals surface area contributed by atoms with Crippen LogP contribution in [0.5, 0.6) is 0 Å². The quantitative estimate of drug-likeness (QED) is 0.642. The Morgan fingerprint density at radius 3 is 2.32 bits per heavy atom. The molecular weight excluding hydrogens is 438 g/mol. The van der Waals surface area contributed by atoms with Gasteiger partial charge in [0, 0.05) is 25.0 Å². The molecule has 0 radical (unpaired) electrons. The minimum atomic E-state index is 0.444. The summed E-state index contributed by atoms with van der Waals surface area (Å²) in [5.74, 6) is 1.79. The summed E-state index contributed by atoms with van der Waals surface area (Å²) in [4.78, 5) is 0. The smallest absolute Gasteiger partial charge is 0.136 e. The molecule has 0 saturated carbocycles. The first-order valence-electron chi connectivity index (χ1n) is 5.94. The van der Waals surface area contributed by atoms with Crippen LogP contribution in [0.3, 0.4) is 0 Å². The minimum absolute atomic E-state index is 0.444. The van der Waals surface area contributed by atoms with Crippen LogP contribution in [0.4, 0.5) is 0 Å². The van der Waals surface area contributed by atoms with E-state index in [1.165, 1.54) is 0 Å². The van der Waals surface area contributed by atoms with E-state index in [-0.39, 0.29) is 0 Å². The Hall–Kier alpha value is -0.100. The maximum Gasteiger partial charge on any atom is 0.136 e. The molecule has 0 aliphatic heterocycles. The lowest BCUT2D eigenvalue weighted by atomic mass is 10.2. The van der Waals surface area contributed by atoms with Crippen LogP contribution in [0.1, 0.15) is 19.6 Å². The highest BCUT2D eigenvalue weighted by Gasteiger charge is 2.13. The molecule has 0 saturated heterocycles. The molecular formula is C14H14Br3NO. The normalized spacial score (nSPS) is 11.3. The first-order valence-corrected chi connectivity index (χ1v) is 8.32. The van der Waals surface area contributed by atoms with Crippen LogP contribution in [0.15, 0.2) is 42.1 Å². The molecule has 0 unspecified atom stereocenters. The van der Waals surface area contributed by atoms with E-state index in [1.54, 1.807) is 0 Å². The van der Waals surface area contributed by atoms with Crippen molar-refractivity contribution >= 4 is 47.8 Å². The lowest BCUT2D eigenvalue weighted by Gasteiger charge is -2.07. The summed E-state index contributed by atoms with van der Waals surface area (Å²) in [5, 5.41) is 3.34. The Kier molecular flexibility index (Phi) is 5.29. The van der Waals surface area contributed by atoms with Gasteiger partial charge in [0.15, 0.2) is 0 Å². The van der Waals surface area contributed by atoms with Crippen molar-refractivity contribution in [1.29, 1.82) is 0 Å². The van der Waals surface area contributed by atoms with Crippen molar-refractivity contribution in [2.24, 2.45) is 0 Å². The molecule has 1 aromatic heterocycles. The van der Waals surface area contributed by atoms with Crippen molar-refractivity contribution in [2.75, 3.05) is 0 Å². The van der Waals surface area contributed by atoms with Crippen LogP contribution in [0, 0.1) is 0 Å². The van der Waals surface area contributed by atoms with Gasteiger partial charge in [0.1, 0.15) is 11.5 Å². The first-order chi connectivity index (χ1) is 8.97. The van der Waals surface area contributed by atoms with E-state index in [9.17, 15) is 0 Å². The number of nitrogens with one attached hydrogen (secondary N) is 1. The summed E-state index contributed by atoms with van der Waals surface area (Å²) in [5.41, 5.74) is 1.03. The lowest BCUT2D eigenvalue weighted by molar-refractivity contribution is 0.473. The molecule has 0 fully saturated rings. The van der Waals surface area contributed by atoms with E-state index < -0.39 is 0 Å². The first kappa shape index (κ1) is 15.3. The predicted molar refractivity (Wildman–Crippen MR) is 89.2 cm³/mol. The Balaban J connectivity index is 2.28. The third kappa shape index (κ3) is 3.94. The zero-order valence-electron chi connectivity index (χ0n) is 10.6. The second kappa shape index (κ2) is 6.57. The highest BCUT2D eigenvalue weighted by molar-refractivity contribution is 9.11. The molecule has 102 valence electrons. The van der Waals surface area contributed by atoms with Gasteiger partial charge in [0.05, 0.1) is 6.54 Å². The van der Waals surface area contributed by atoms with Gasteiger partial charge >= 0.3 is 0 Å². The number of halogens is 3. The van der Waals surface area contributed by atoms with Crippen LogP contribution in [-0.4, -0.2) is 6.04 Å². The van der Waals surface area contributed by atoms with Gasteiger partial charge in [-0.05, 0) is 56.1 Å². The summed E-state index contributed by atoms with van der Waals surface area (Å²) >= 11 is 10.6. The van der Waals surface area contributed by atoms with Crippen molar-refractivity contribution in [1.82, 2.24) is 5.32 Å². The van der Waals surface area contributed by atoms with Gasteiger partial charge in [-0.3, -0.25) is 0 Å². The molecule has 19 heavy (non-hydrogen) atoms. The molecule has 5 heteroatoms. The van der Waals surface area contributed by atoms with E-state index in [0.29, 0.717) is 6.04 Å². The van der Waals surface area contributed by atoms with Crippen LogP contribution in [0.2, 0.25) is 0 Å². The summed E-state index contributed by atoms with van der Waals surface area (Å²) in [7, 11) is 0. The fourth-order valence-corrected chi connectivity index (χ4v) is 4.34. The second-order valence-electron chi connectivity index (χ2n) is 4.55. The van der Waals surface area contributed by atoms with Gasteiger partial charge in [-0.15, -0.1) is 0 Å². The summed E-state index contributed by atoms with van der Waals surface area (Å²) in [6.45, 7) is 4.97. The molecule has 0 aliphatic rings. The van der Waals surface area contributed by atoms with E-state index >= 15 is 0 Å². The molecule has 1 aromatic carbocycles. The van der Waals surface area contributed by atoms with Crippen molar-refractivity contribution in [3.8, 4) is 11.3 Å². The highest BCUT2D eigenvalue weighted by Crippen LogP contribution is 2.38. The maximum absolute atomic E-state index is 5.88. The van der Waals surface area contributed by atoms with E-state index in [0.717, 1.165) is 37.0 Å². The van der Waals surface area contributed by atoms with Gasteiger partial charge in [-0.1, -0.05) is 29.8 Å². The van der Waals surface area contributed by atoms with Crippen molar-refractivity contribution in [3.63, 3.8) is 0 Å². The van der Waals surface area contributed by atoms with Crippen LogP contribution in [0.25, 0.3) is 11.3 Å². The fraction of sp³-hybridized carbons (Fsp3) is 0.286. The number of rotatable bonds is 4. The fourth-order valence-electron chi connectivity index (χ4n) is 1.69. The number of hydrogen-bond donors (Lipinski definition) is 1.